The van der Waals surface area contributed by atoms with Crippen molar-refractivity contribution in [1.29, 1.82) is 0 Å². The second-order valence-corrected chi connectivity index (χ2v) is 12.3. The molecule has 0 aliphatic carbocycles. The predicted molar refractivity (Wildman–Crippen MR) is 153 cm³/mol. The lowest BCUT2D eigenvalue weighted by molar-refractivity contribution is -0.137. The van der Waals surface area contributed by atoms with Crippen LogP contribution in [-0.2, 0) is 19.7 Å². The van der Waals surface area contributed by atoms with Gasteiger partial charge in [0.2, 0.25) is 0 Å². The van der Waals surface area contributed by atoms with Gasteiger partial charge in [0, 0.05) is 12.8 Å². The Hall–Kier alpha value is -0.950. The average Bonchev–Trinajstić information content (AvgIpc) is 2.84. The lowest BCUT2D eigenvalue weighted by Crippen LogP contribution is -2.12. The van der Waals surface area contributed by atoms with Crippen molar-refractivity contribution in [2.75, 3.05) is 0 Å². The Bertz CT molecular complexity index is 632. The molecule has 0 aromatic heterocycles. The van der Waals surface area contributed by atoms with Crippen molar-refractivity contribution in [3.05, 3.63) is 0 Å². The average molecular weight is 547 g/mol. The van der Waals surface area contributed by atoms with Crippen LogP contribution in [0.2, 0.25) is 0 Å². The summed E-state index contributed by atoms with van der Waals surface area (Å²) in [6.45, 7) is 0. The summed E-state index contributed by atoms with van der Waals surface area (Å²) >= 11 is 0. The molecular weight excluding hydrogens is 488 g/mol. The topological polar surface area (TPSA) is 109 Å². The molecule has 0 aromatic carbocycles. The Labute approximate surface area is 228 Å². The largest absolute Gasteiger partial charge is 0.481 e. The van der Waals surface area contributed by atoms with Gasteiger partial charge in [-0.15, -0.1) is 0 Å². The number of carbonyl (C=O) groups excluding carboxylic acids is 1. The number of unbranched alkanes of at least 4 members (excludes halogenated alkanes) is 25. The number of rotatable bonds is 29. The second-order valence-electron chi connectivity index (χ2n) is 10.9. The van der Waals surface area contributed by atoms with E-state index in [1.165, 1.54) is 128 Å². The third-order valence-electron chi connectivity index (χ3n) is 7.31. The van der Waals surface area contributed by atoms with Crippen LogP contribution in [0.5, 0.6) is 0 Å². The molecule has 2 N–H and O–H groups in total. The van der Waals surface area contributed by atoms with Crippen molar-refractivity contribution in [3.8, 4) is 0 Å². The van der Waals surface area contributed by atoms with Crippen LogP contribution in [0.1, 0.15) is 180 Å². The van der Waals surface area contributed by atoms with E-state index in [2.05, 4.69) is 0 Å². The molecule has 0 aliphatic rings. The molecule has 0 amide bonds. The van der Waals surface area contributed by atoms with Gasteiger partial charge < -0.3 is 5.11 Å². The summed E-state index contributed by atoms with van der Waals surface area (Å²) in [6, 6.07) is 0. The second kappa shape index (κ2) is 26.6. The van der Waals surface area contributed by atoms with E-state index in [1.807, 2.05) is 0 Å². The van der Waals surface area contributed by atoms with E-state index in [-0.39, 0.29) is 6.42 Å². The lowest BCUT2D eigenvalue weighted by Gasteiger charge is -2.04. The zero-order chi connectivity index (χ0) is 27.5. The number of carbonyl (C=O) groups is 2. The van der Waals surface area contributed by atoms with Crippen LogP contribution in [-0.4, -0.2) is 29.2 Å². The SMILES string of the molecule is O=C(O)CCCCCCCCCCCCCCCCCCCCCCCCCCCCC(=O)S(=O)(=O)O. The van der Waals surface area contributed by atoms with Crippen LogP contribution < -0.4 is 0 Å². The van der Waals surface area contributed by atoms with Crippen molar-refractivity contribution in [1.82, 2.24) is 0 Å². The van der Waals surface area contributed by atoms with Gasteiger partial charge in [-0.05, 0) is 12.8 Å². The minimum atomic E-state index is -4.48. The van der Waals surface area contributed by atoms with Gasteiger partial charge in [0.05, 0.1) is 0 Å². The highest BCUT2D eigenvalue weighted by atomic mass is 32.2. The number of hydrogen-bond acceptors (Lipinski definition) is 4. The van der Waals surface area contributed by atoms with Crippen LogP contribution in [0.3, 0.4) is 0 Å². The highest BCUT2D eigenvalue weighted by molar-refractivity contribution is 8.01. The van der Waals surface area contributed by atoms with E-state index < -0.39 is 21.2 Å². The zero-order valence-electron chi connectivity index (χ0n) is 23.7. The first-order chi connectivity index (χ1) is 17.8. The van der Waals surface area contributed by atoms with Crippen LogP contribution in [0.4, 0.5) is 0 Å². The van der Waals surface area contributed by atoms with E-state index in [0.717, 1.165) is 32.1 Å². The summed E-state index contributed by atoms with van der Waals surface area (Å²) in [5.41, 5.74) is 0. The van der Waals surface area contributed by atoms with E-state index >= 15 is 0 Å². The molecule has 0 heterocycles. The van der Waals surface area contributed by atoms with Crippen LogP contribution in [0.15, 0.2) is 0 Å². The molecule has 0 unspecified atom stereocenters. The molecule has 7 heteroatoms. The monoisotopic (exact) mass is 546 g/mol. The Kier molecular flexibility index (Phi) is 26.0. The molecule has 6 nitrogen and oxygen atoms in total. The van der Waals surface area contributed by atoms with E-state index in [9.17, 15) is 18.0 Å². The maximum absolute atomic E-state index is 11.1. The van der Waals surface area contributed by atoms with Crippen molar-refractivity contribution in [2.24, 2.45) is 0 Å². The fourth-order valence-electron chi connectivity index (χ4n) is 4.92. The minimum Gasteiger partial charge on any atom is -0.481 e. The summed E-state index contributed by atoms with van der Waals surface area (Å²) < 4.78 is 29.8. The molecule has 0 bridgehead atoms. The molecule has 0 atom stereocenters. The maximum Gasteiger partial charge on any atom is 0.328 e. The molecule has 0 aliphatic heterocycles. The van der Waals surface area contributed by atoms with Crippen molar-refractivity contribution in [3.63, 3.8) is 0 Å². The summed E-state index contributed by atoms with van der Waals surface area (Å²) in [5, 5.41) is 7.55. The fourth-order valence-corrected chi connectivity index (χ4v) is 5.32. The van der Waals surface area contributed by atoms with E-state index in [4.69, 9.17) is 9.66 Å². The lowest BCUT2D eigenvalue weighted by atomic mass is 10.0. The van der Waals surface area contributed by atoms with Crippen LogP contribution in [0, 0.1) is 0 Å². The molecular formula is C30H58O6S. The van der Waals surface area contributed by atoms with Gasteiger partial charge in [-0.1, -0.05) is 154 Å². The quantitative estimate of drug-likeness (QED) is 0.0714. The van der Waals surface area contributed by atoms with Gasteiger partial charge in [-0.2, -0.15) is 8.42 Å². The van der Waals surface area contributed by atoms with Gasteiger partial charge in [-0.3, -0.25) is 14.1 Å². The Morgan fingerprint density at radius 1 is 0.378 bits per heavy atom. The molecule has 0 spiro atoms. The zero-order valence-corrected chi connectivity index (χ0v) is 24.6. The molecule has 0 saturated heterocycles. The van der Waals surface area contributed by atoms with E-state index in [0.29, 0.717) is 12.8 Å². The summed E-state index contributed by atoms with van der Waals surface area (Å²) in [5.74, 6) is -0.668. The van der Waals surface area contributed by atoms with Gasteiger partial charge >= 0.3 is 16.1 Å². The highest BCUT2D eigenvalue weighted by Gasteiger charge is 2.16. The third kappa shape index (κ3) is 29.5. The summed E-state index contributed by atoms with van der Waals surface area (Å²) in [7, 11) is -4.48. The number of hydrogen-bond donors (Lipinski definition) is 2. The molecule has 0 rings (SSSR count). The minimum absolute atomic E-state index is 0.0680. The van der Waals surface area contributed by atoms with Crippen LogP contribution >= 0.6 is 0 Å². The first-order valence-corrected chi connectivity index (χ1v) is 17.0. The molecule has 0 aromatic rings. The fraction of sp³-hybridized carbons (Fsp3) is 0.933. The summed E-state index contributed by atoms with van der Waals surface area (Å²) in [6.07, 6.45) is 32.5. The summed E-state index contributed by atoms with van der Waals surface area (Å²) in [4.78, 5) is 21.5. The van der Waals surface area contributed by atoms with Crippen molar-refractivity contribution >= 4 is 21.2 Å². The van der Waals surface area contributed by atoms with E-state index in [1.54, 1.807) is 0 Å². The van der Waals surface area contributed by atoms with Gasteiger partial charge in [0.15, 0.2) is 0 Å². The highest BCUT2D eigenvalue weighted by Crippen LogP contribution is 2.16. The maximum atomic E-state index is 11.1. The Balaban J connectivity index is 3.11. The molecule has 37 heavy (non-hydrogen) atoms. The van der Waals surface area contributed by atoms with Gasteiger partial charge in [-0.25, -0.2) is 0 Å². The first kappa shape index (κ1) is 36.0. The number of carboxylic acid groups (broad SMARTS) is 1. The van der Waals surface area contributed by atoms with Gasteiger partial charge in [0.25, 0.3) is 5.12 Å². The van der Waals surface area contributed by atoms with Crippen molar-refractivity contribution < 1.29 is 27.7 Å². The first-order valence-electron chi connectivity index (χ1n) is 15.6. The van der Waals surface area contributed by atoms with Crippen LogP contribution in [0.25, 0.3) is 0 Å². The normalized spacial score (nSPS) is 11.7. The predicted octanol–water partition coefficient (Wildman–Crippen LogP) is 9.41. The Morgan fingerprint density at radius 3 is 0.757 bits per heavy atom. The molecule has 0 radical (unpaired) electrons. The molecule has 220 valence electrons. The number of carboxylic acids is 1. The Morgan fingerprint density at radius 2 is 0.568 bits per heavy atom. The smallest absolute Gasteiger partial charge is 0.328 e. The van der Waals surface area contributed by atoms with Crippen molar-refractivity contribution in [2.45, 2.75) is 180 Å². The molecule has 0 saturated carbocycles. The molecule has 0 fully saturated rings. The van der Waals surface area contributed by atoms with Gasteiger partial charge in [0.1, 0.15) is 0 Å². The standard InChI is InChI=1S/C30H58O6S/c31-29(32)27-25-23-21-19-17-15-13-11-9-7-5-3-1-2-4-6-8-10-12-14-16-18-20-22-24-26-28-30(33)37(34,35)36/h1-28H2,(H,31,32)(H,34,35,36). The number of aliphatic carboxylic acids is 1. The third-order valence-corrected chi connectivity index (χ3v) is 8.09.